The summed E-state index contributed by atoms with van der Waals surface area (Å²) < 4.78 is 19.1. The second-order valence-corrected chi connectivity index (χ2v) is 26.2. The quantitative estimate of drug-likeness (QED) is 0.171. The second-order valence-electron chi connectivity index (χ2n) is 11.7. The molecule has 0 spiro atoms. The molecule has 0 bridgehead atoms. The average Bonchev–Trinajstić information content (AvgIpc) is 2.51. The Kier molecular flexibility index (Phi) is 13.4. The predicted octanol–water partition coefficient (Wildman–Crippen LogP) is 8.06. The largest absolute Gasteiger partial charge is 0.418 e. The molecule has 29 heavy (non-hydrogen) atoms. The van der Waals surface area contributed by atoms with Crippen molar-refractivity contribution in [3.63, 3.8) is 0 Å². The highest BCUT2D eigenvalue weighted by molar-refractivity contribution is 6.77. The van der Waals surface area contributed by atoms with Crippen molar-refractivity contribution >= 4 is 25.0 Å². The van der Waals surface area contributed by atoms with Gasteiger partial charge in [-0.25, -0.2) is 0 Å². The molecule has 0 saturated carbocycles. The van der Waals surface area contributed by atoms with Crippen molar-refractivity contribution in [3.8, 4) is 0 Å². The summed E-state index contributed by atoms with van der Waals surface area (Å²) in [5, 5.41) is 0. The molecule has 0 aromatic carbocycles. The zero-order valence-corrected chi connectivity index (χ0v) is 25.0. The van der Waals surface area contributed by atoms with Crippen LogP contribution in [0, 0.1) is 5.92 Å². The first kappa shape index (κ1) is 29.5. The number of hydrogen-bond donors (Lipinski definition) is 0. The maximum atomic E-state index is 6.83. The molecular formula is C23H54O3Si3. The van der Waals surface area contributed by atoms with Crippen LogP contribution in [0.5, 0.6) is 0 Å². The smallest absolute Gasteiger partial charge is 0.200 e. The average molecular weight is 463 g/mol. The fourth-order valence-corrected chi connectivity index (χ4v) is 11.6. The van der Waals surface area contributed by atoms with Crippen LogP contribution in [0.15, 0.2) is 0 Å². The van der Waals surface area contributed by atoms with Gasteiger partial charge in [-0.3, -0.25) is 0 Å². The van der Waals surface area contributed by atoms with Gasteiger partial charge in [0.2, 0.25) is 0 Å². The minimum Gasteiger partial charge on any atom is -0.418 e. The van der Waals surface area contributed by atoms with Gasteiger partial charge in [-0.05, 0) is 87.5 Å². The number of hydrogen-bond acceptors (Lipinski definition) is 3. The summed E-state index contributed by atoms with van der Waals surface area (Å²) in [5.74, 6) is 0.676. The van der Waals surface area contributed by atoms with Gasteiger partial charge in [0.1, 0.15) is 0 Å². The Hall–Kier alpha value is 0.531. The molecule has 0 rings (SSSR count). The Balaban J connectivity index is 4.82. The van der Waals surface area contributed by atoms with Crippen LogP contribution >= 0.6 is 0 Å². The third kappa shape index (κ3) is 12.2. The summed E-state index contributed by atoms with van der Waals surface area (Å²) in [7, 11) is -4.60. The van der Waals surface area contributed by atoms with E-state index in [1.54, 1.807) is 0 Å². The van der Waals surface area contributed by atoms with Crippen LogP contribution in [-0.2, 0) is 13.3 Å². The maximum absolute atomic E-state index is 6.83. The van der Waals surface area contributed by atoms with Gasteiger partial charge in [0.05, 0.1) is 0 Å². The molecule has 0 radical (unpaired) electrons. The van der Waals surface area contributed by atoms with Gasteiger partial charge in [-0.15, -0.1) is 0 Å². The standard InChI is InChI=1S/C23H54O3Si3/c1-20(2)29(21(3)4,22(5)6)26-19-16-23(15-18-25-28(10,11)12)14-13-17-24-27(7,8)9/h20-23H,13-19H2,1-12H3. The lowest BCUT2D eigenvalue weighted by atomic mass is 9.97. The van der Waals surface area contributed by atoms with Crippen LogP contribution in [0.25, 0.3) is 0 Å². The minimum absolute atomic E-state index is 0.654. The van der Waals surface area contributed by atoms with Crippen LogP contribution in [0.3, 0.4) is 0 Å². The van der Waals surface area contributed by atoms with E-state index < -0.39 is 25.0 Å². The topological polar surface area (TPSA) is 27.7 Å². The SMILES string of the molecule is CC(C)[Si](OCCC(CCCO[Si](C)(C)C)CCO[Si](C)(C)C)(C(C)C)C(C)C. The summed E-state index contributed by atoms with van der Waals surface area (Å²) in [6.45, 7) is 30.6. The Labute approximate surface area is 187 Å². The van der Waals surface area contributed by atoms with E-state index in [1.165, 1.54) is 6.42 Å². The van der Waals surface area contributed by atoms with Gasteiger partial charge in [-0.2, -0.15) is 0 Å². The highest BCUT2D eigenvalue weighted by Gasteiger charge is 2.44. The normalized spacial score (nSPS) is 15.0. The Morgan fingerprint density at radius 2 is 0.897 bits per heavy atom. The molecule has 0 heterocycles. The van der Waals surface area contributed by atoms with Gasteiger partial charge in [-0.1, -0.05) is 41.5 Å². The zero-order chi connectivity index (χ0) is 22.9. The molecule has 0 aliphatic carbocycles. The van der Waals surface area contributed by atoms with Crippen LogP contribution in [0.2, 0.25) is 55.9 Å². The van der Waals surface area contributed by atoms with E-state index in [4.69, 9.17) is 13.3 Å². The summed E-state index contributed by atoms with van der Waals surface area (Å²) in [6, 6.07) is 0. The molecule has 0 aromatic heterocycles. The molecule has 0 saturated heterocycles. The summed E-state index contributed by atoms with van der Waals surface area (Å²) >= 11 is 0. The van der Waals surface area contributed by atoms with E-state index in [0.717, 1.165) is 39.1 Å². The lowest BCUT2D eigenvalue weighted by molar-refractivity contribution is 0.203. The van der Waals surface area contributed by atoms with Crippen molar-refractivity contribution in [2.75, 3.05) is 19.8 Å². The molecule has 0 amide bonds. The highest BCUT2D eigenvalue weighted by Crippen LogP contribution is 2.42. The van der Waals surface area contributed by atoms with Crippen molar-refractivity contribution in [2.24, 2.45) is 5.92 Å². The summed E-state index contributed by atoms with van der Waals surface area (Å²) in [6.07, 6.45) is 4.69. The van der Waals surface area contributed by atoms with Gasteiger partial charge >= 0.3 is 0 Å². The molecule has 0 aliphatic rings. The van der Waals surface area contributed by atoms with Gasteiger partial charge < -0.3 is 13.3 Å². The fraction of sp³-hybridized carbons (Fsp3) is 1.00. The lowest BCUT2D eigenvalue weighted by Crippen LogP contribution is -2.48. The van der Waals surface area contributed by atoms with E-state index in [9.17, 15) is 0 Å². The highest BCUT2D eigenvalue weighted by atomic mass is 28.4. The van der Waals surface area contributed by atoms with Crippen LogP contribution < -0.4 is 0 Å². The van der Waals surface area contributed by atoms with Gasteiger partial charge in [0, 0.05) is 19.8 Å². The molecular weight excluding hydrogens is 409 g/mol. The van der Waals surface area contributed by atoms with Crippen molar-refractivity contribution in [1.29, 1.82) is 0 Å². The molecule has 0 N–H and O–H groups in total. The first-order valence-electron chi connectivity index (χ1n) is 12.0. The maximum Gasteiger partial charge on any atom is 0.200 e. The Morgan fingerprint density at radius 1 is 0.517 bits per heavy atom. The third-order valence-electron chi connectivity index (χ3n) is 5.94. The molecule has 3 nitrogen and oxygen atoms in total. The van der Waals surface area contributed by atoms with E-state index in [2.05, 4.69) is 80.8 Å². The Morgan fingerprint density at radius 3 is 1.28 bits per heavy atom. The van der Waals surface area contributed by atoms with Crippen LogP contribution in [0.1, 0.15) is 67.2 Å². The third-order valence-corrected chi connectivity index (χ3v) is 14.2. The van der Waals surface area contributed by atoms with E-state index in [1.807, 2.05) is 0 Å². The lowest BCUT2D eigenvalue weighted by Gasteiger charge is -2.42. The minimum atomic E-state index is -1.76. The Bertz CT molecular complexity index is 404. The molecule has 0 aliphatic heterocycles. The monoisotopic (exact) mass is 462 g/mol. The molecule has 1 atom stereocenters. The van der Waals surface area contributed by atoms with Crippen molar-refractivity contribution in [3.05, 3.63) is 0 Å². The van der Waals surface area contributed by atoms with Crippen LogP contribution in [0.4, 0.5) is 0 Å². The fourth-order valence-electron chi connectivity index (χ4n) is 4.62. The molecule has 6 heteroatoms. The predicted molar refractivity (Wildman–Crippen MR) is 138 cm³/mol. The molecule has 0 fully saturated rings. The molecule has 176 valence electrons. The van der Waals surface area contributed by atoms with Gasteiger partial charge in [0.25, 0.3) is 0 Å². The summed E-state index contributed by atoms with van der Waals surface area (Å²) in [4.78, 5) is 0. The number of rotatable bonds is 16. The summed E-state index contributed by atoms with van der Waals surface area (Å²) in [5.41, 5.74) is 1.96. The van der Waals surface area contributed by atoms with Crippen molar-refractivity contribution in [2.45, 2.75) is 123 Å². The van der Waals surface area contributed by atoms with Crippen LogP contribution in [-0.4, -0.2) is 44.8 Å². The molecule has 0 aromatic rings. The van der Waals surface area contributed by atoms with E-state index in [-0.39, 0.29) is 0 Å². The van der Waals surface area contributed by atoms with Gasteiger partial charge in [0.15, 0.2) is 25.0 Å². The van der Waals surface area contributed by atoms with E-state index >= 15 is 0 Å². The van der Waals surface area contributed by atoms with Crippen molar-refractivity contribution < 1.29 is 13.3 Å². The van der Waals surface area contributed by atoms with Crippen molar-refractivity contribution in [1.82, 2.24) is 0 Å². The second kappa shape index (κ2) is 13.2. The zero-order valence-electron chi connectivity index (χ0n) is 22.0. The first-order valence-corrected chi connectivity index (χ1v) is 21.0. The van der Waals surface area contributed by atoms with E-state index in [0.29, 0.717) is 22.5 Å². The molecule has 1 unspecified atom stereocenters. The first-order chi connectivity index (χ1) is 13.1.